The van der Waals surface area contributed by atoms with Crippen LogP contribution in [0.3, 0.4) is 0 Å². The fraction of sp³-hybridized carbons (Fsp3) is 0.493. The first kappa shape index (κ1) is 97.3. The summed E-state index contributed by atoms with van der Waals surface area (Å²) in [4.78, 5) is 2.59. The van der Waals surface area contributed by atoms with E-state index in [1.807, 2.05) is 0 Å². The molecule has 6 aromatic carbocycles. The van der Waals surface area contributed by atoms with Gasteiger partial charge in [0, 0.05) is 32.8 Å². The van der Waals surface area contributed by atoms with Crippen LogP contribution >= 0.6 is 0 Å². The van der Waals surface area contributed by atoms with Crippen molar-refractivity contribution < 1.29 is 132 Å². The SMILES string of the molecule is CCCCCCCCCCCCCCCCCCN(C)CCCCCCCCCCCCCCCCCC.Fc1c(F)c(F)c(B(c2c(F)c(F)c(F)c(F)c2F)c2c(F)c(F)c(F)c(F)c2F)c(F)c1F.Fc1c(F)c(F)c(B(c2c(F)c(F)c(F)c(F)c2F)c2c(F)c(F)c(F)c(F)c2F)c(F)c1F.N#CNC#N. The van der Waals surface area contributed by atoms with Crippen LogP contribution in [-0.4, -0.2) is 38.5 Å². The summed E-state index contributed by atoms with van der Waals surface area (Å²) < 4.78 is 417. The molecule has 0 aliphatic heterocycles. The summed E-state index contributed by atoms with van der Waals surface area (Å²) in [6.07, 6.45) is 49.6. The Bertz CT molecular complexity index is 3350. The standard InChI is InChI=1S/C37H77N.2C18BF15.C2HN3/c1-4-6-8-10-12-14-16-18-20-22-24-26-28-30-32-34-36-38(3)37-35-33-31-29-27-25-23-21-19-17-15-13-11-9-7-5-2;2*20-4-1(5(21)11(27)16(32)10(4)26)19(2-6(22)12(28)17(33)13(29)7(2)23)3-8(24)14(30)18(34)15(31)9(3)25;3-1-5-2-4/h4-37H2,1-3H3;;;5H. The number of nitrogens with one attached hydrogen (secondary N) is 1. The van der Waals surface area contributed by atoms with E-state index in [1.54, 1.807) is 5.32 Å². The topological polar surface area (TPSA) is 62.9 Å². The number of halogens is 30. The number of hydrogen-bond acceptors (Lipinski definition) is 4. The second-order valence-corrected chi connectivity index (χ2v) is 26.0. The first-order chi connectivity index (χ1) is 52.5. The highest BCUT2D eigenvalue weighted by Crippen LogP contribution is 2.28. The summed E-state index contributed by atoms with van der Waals surface area (Å²) in [6.45, 7) is -0.671. The summed E-state index contributed by atoms with van der Waals surface area (Å²) >= 11 is 0. The summed E-state index contributed by atoms with van der Waals surface area (Å²) in [5.41, 5.74) is -16.1. The lowest BCUT2D eigenvalue weighted by Gasteiger charge is -2.21. The Morgan fingerprint density at radius 3 is 0.414 bits per heavy atom. The van der Waals surface area contributed by atoms with Crippen LogP contribution in [0.2, 0.25) is 0 Å². The van der Waals surface area contributed by atoms with Gasteiger partial charge in [-0.05, 0) is 33.0 Å². The van der Waals surface area contributed by atoms with E-state index in [0.29, 0.717) is 0 Å². The van der Waals surface area contributed by atoms with E-state index in [-0.39, 0.29) is 0 Å². The molecular weight excluding hydrogens is 1550 g/mol. The van der Waals surface area contributed by atoms with Gasteiger partial charge in [-0.25, -0.2) is 137 Å². The van der Waals surface area contributed by atoms with Gasteiger partial charge in [-0.3, -0.25) is 0 Å². The highest BCUT2D eigenvalue weighted by atomic mass is 19.2. The van der Waals surface area contributed by atoms with Crippen molar-refractivity contribution in [1.29, 1.82) is 10.5 Å². The molecule has 0 amide bonds. The van der Waals surface area contributed by atoms with Gasteiger partial charge in [0.15, 0.2) is 187 Å². The highest BCUT2D eigenvalue weighted by Gasteiger charge is 2.47. The molecule has 0 spiro atoms. The molecule has 614 valence electrons. The maximum atomic E-state index is 14.4. The van der Waals surface area contributed by atoms with Gasteiger partial charge in [0.25, 0.3) is 13.4 Å². The van der Waals surface area contributed by atoms with E-state index >= 15 is 0 Å². The number of unbranched alkanes of at least 4 members (excludes halogenated alkanes) is 30. The lowest BCUT2D eigenvalue weighted by atomic mass is 9.36. The molecular formula is C75H78B2F30N4. The Labute approximate surface area is 623 Å². The van der Waals surface area contributed by atoms with Crippen LogP contribution < -0.4 is 38.1 Å². The minimum absolute atomic E-state index is 1.32. The molecule has 0 saturated carbocycles. The fourth-order valence-electron chi connectivity index (χ4n) is 12.1. The lowest BCUT2D eigenvalue weighted by molar-refractivity contribution is 0.314. The molecule has 36 heteroatoms. The molecule has 0 aliphatic carbocycles. The van der Waals surface area contributed by atoms with Gasteiger partial charge in [0.1, 0.15) is 0 Å². The second-order valence-electron chi connectivity index (χ2n) is 26.0. The molecule has 0 unspecified atom stereocenters. The largest absolute Gasteiger partial charge is 0.306 e. The van der Waals surface area contributed by atoms with Crippen molar-refractivity contribution in [2.24, 2.45) is 0 Å². The Kier molecular flexibility index (Phi) is 42.8. The Morgan fingerprint density at radius 2 is 0.306 bits per heavy atom. The Hall–Kier alpha value is -7.91. The number of hydrogen-bond donors (Lipinski definition) is 1. The fourth-order valence-corrected chi connectivity index (χ4v) is 12.1. The van der Waals surface area contributed by atoms with E-state index in [0.717, 1.165) is 0 Å². The van der Waals surface area contributed by atoms with Crippen LogP contribution in [0, 0.1) is 197 Å². The summed E-state index contributed by atoms with van der Waals surface area (Å²) in [6, 6.07) is 0. The number of rotatable bonds is 40. The molecule has 0 radical (unpaired) electrons. The molecule has 1 N–H and O–H groups in total. The normalized spacial score (nSPS) is 11.1. The molecule has 4 nitrogen and oxygen atoms in total. The van der Waals surface area contributed by atoms with Crippen LogP contribution in [0.4, 0.5) is 132 Å². The maximum Gasteiger partial charge on any atom is 0.265 e. The second kappa shape index (κ2) is 48.9. The third-order valence-electron chi connectivity index (χ3n) is 18.1. The van der Waals surface area contributed by atoms with E-state index in [4.69, 9.17) is 10.5 Å². The van der Waals surface area contributed by atoms with Gasteiger partial charge < -0.3 is 4.90 Å². The molecule has 0 aliphatic rings. The monoisotopic (exact) mass is 1630 g/mol. The third kappa shape index (κ3) is 26.1. The van der Waals surface area contributed by atoms with Crippen LogP contribution in [0.1, 0.15) is 219 Å². The predicted octanol–water partition coefficient (Wildman–Crippen LogP) is 21.6. The summed E-state index contributed by atoms with van der Waals surface area (Å²) in [5.74, 6) is -90.4. The van der Waals surface area contributed by atoms with Crippen LogP contribution in [0.15, 0.2) is 0 Å². The smallest absolute Gasteiger partial charge is 0.265 e. The third-order valence-corrected chi connectivity index (χ3v) is 18.1. The minimum atomic E-state index is -3.96. The van der Waals surface area contributed by atoms with Crippen molar-refractivity contribution in [2.45, 2.75) is 219 Å². The zero-order valence-electron chi connectivity index (χ0n) is 60.4. The highest BCUT2D eigenvalue weighted by molar-refractivity contribution is 6.96. The first-order valence-electron chi connectivity index (χ1n) is 35.8. The van der Waals surface area contributed by atoms with E-state index in [9.17, 15) is 132 Å². The zero-order chi connectivity index (χ0) is 83.7. The van der Waals surface area contributed by atoms with Gasteiger partial charge in [0.2, 0.25) is 0 Å². The van der Waals surface area contributed by atoms with Crippen molar-refractivity contribution in [2.75, 3.05) is 20.1 Å². The van der Waals surface area contributed by atoms with E-state index in [2.05, 4.69) is 25.8 Å². The van der Waals surface area contributed by atoms with Crippen molar-refractivity contribution in [3.05, 3.63) is 175 Å². The van der Waals surface area contributed by atoms with Crippen molar-refractivity contribution in [3.63, 3.8) is 0 Å². The van der Waals surface area contributed by atoms with Gasteiger partial charge >= 0.3 is 0 Å². The van der Waals surface area contributed by atoms with Gasteiger partial charge in [-0.15, -0.1) is 0 Å². The van der Waals surface area contributed by atoms with Gasteiger partial charge in [-0.2, -0.15) is 10.5 Å². The first-order valence-corrected chi connectivity index (χ1v) is 35.8. The molecule has 0 fully saturated rings. The molecule has 0 atom stereocenters. The minimum Gasteiger partial charge on any atom is -0.306 e. The van der Waals surface area contributed by atoms with Crippen molar-refractivity contribution in [3.8, 4) is 12.4 Å². The van der Waals surface area contributed by atoms with Gasteiger partial charge in [-0.1, -0.05) is 206 Å². The quantitative estimate of drug-likeness (QED) is 0.00792. The lowest BCUT2D eigenvalue weighted by Crippen LogP contribution is -2.60. The maximum absolute atomic E-state index is 14.4. The molecule has 6 aromatic rings. The molecule has 6 rings (SSSR count). The van der Waals surface area contributed by atoms with Crippen molar-refractivity contribution >= 4 is 46.2 Å². The molecule has 0 saturated heterocycles. The van der Waals surface area contributed by atoms with Gasteiger partial charge in [0.05, 0.1) is 0 Å². The predicted molar refractivity (Wildman–Crippen MR) is 358 cm³/mol. The zero-order valence-corrected chi connectivity index (χ0v) is 60.4. The van der Waals surface area contributed by atoms with Crippen molar-refractivity contribution in [1.82, 2.24) is 10.2 Å². The summed E-state index contributed by atoms with van der Waals surface area (Å²) in [5, 5.41) is 16.7. The Morgan fingerprint density at radius 1 is 0.198 bits per heavy atom. The molecule has 0 heterocycles. The average molecular weight is 1630 g/mol. The number of nitrogens with zero attached hydrogens (tertiary/aromatic N) is 3. The van der Waals surface area contributed by atoms with Crippen LogP contribution in [-0.2, 0) is 0 Å². The molecule has 0 aromatic heterocycles. The average Bonchev–Trinajstić information content (AvgIpc) is 0.735. The van der Waals surface area contributed by atoms with E-state index < -0.39 is 221 Å². The Balaban J connectivity index is 0.000000418. The van der Waals surface area contributed by atoms with E-state index in [1.165, 1.54) is 231 Å². The number of nitriles is 2. The summed E-state index contributed by atoms with van der Waals surface area (Å²) in [7, 11) is 2.34. The van der Waals surface area contributed by atoms with Crippen LogP contribution in [0.25, 0.3) is 0 Å². The molecule has 0 bridgehead atoms. The number of benzene rings is 6. The molecule has 111 heavy (non-hydrogen) atoms. The van der Waals surface area contributed by atoms with Crippen LogP contribution in [0.5, 0.6) is 0 Å².